The Hall–Kier alpha value is -2.21. The highest BCUT2D eigenvalue weighted by Gasteiger charge is 2.07. The SMILES string of the molecule is CCOCc1nc(NC)cc(Nc2cc(C)ccc2F)n1. The molecule has 0 aliphatic heterocycles. The van der Waals surface area contributed by atoms with Gasteiger partial charge in [0.2, 0.25) is 0 Å². The van der Waals surface area contributed by atoms with Crippen LogP contribution in [0, 0.1) is 12.7 Å². The van der Waals surface area contributed by atoms with Gasteiger partial charge in [0.1, 0.15) is 24.1 Å². The van der Waals surface area contributed by atoms with E-state index in [1.54, 1.807) is 25.2 Å². The van der Waals surface area contributed by atoms with Crippen LogP contribution >= 0.6 is 0 Å². The van der Waals surface area contributed by atoms with Crippen molar-refractivity contribution in [3.63, 3.8) is 0 Å². The van der Waals surface area contributed by atoms with Gasteiger partial charge in [-0.2, -0.15) is 0 Å². The molecule has 0 aliphatic rings. The Bertz CT molecular complexity index is 619. The summed E-state index contributed by atoms with van der Waals surface area (Å²) in [6, 6.07) is 6.61. The fourth-order valence-electron chi connectivity index (χ4n) is 1.82. The van der Waals surface area contributed by atoms with E-state index in [-0.39, 0.29) is 5.82 Å². The standard InChI is InChI=1S/C15H19FN4O/c1-4-21-9-15-19-13(17-3)8-14(20-15)18-12-7-10(2)5-6-11(12)16/h5-8H,4,9H2,1-3H3,(H2,17,18,19,20). The third-order valence-corrected chi connectivity index (χ3v) is 2.85. The van der Waals surface area contributed by atoms with Gasteiger partial charge in [0.05, 0.1) is 5.69 Å². The van der Waals surface area contributed by atoms with E-state index < -0.39 is 0 Å². The number of nitrogens with one attached hydrogen (secondary N) is 2. The Morgan fingerprint density at radius 2 is 1.95 bits per heavy atom. The summed E-state index contributed by atoms with van der Waals surface area (Å²) >= 11 is 0. The zero-order valence-corrected chi connectivity index (χ0v) is 12.4. The highest BCUT2D eigenvalue weighted by Crippen LogP contribution is 2.21. The predicted octanol–water partition coefficient (Wildman–Crippen LogP) is 3.25. The van der Waals surface area contributed by atoms with Crippen molar-refractivity contribution in [3.8, 4) is 0 Å². The summed E-state index contributed by atoms with van der Waals surface area (Å²) < 4.78 is 19.1. The average Bonchev–Trinajstić information content (AvgIpc) is 2.48. The maximum Gasteiger partial charge on any atom is 0.158 e. The van der Waals surface area contributed by atoms with Crippen molar-refractivity contribution in [2.45, 2.75) is 20.5 Å². The molecule has 21 heavy (non-hydrogen) atoms. The molecule has 5 nitrogen and oxygen atoms in total. The van der Waals surface area contributed by atoms with Crippen molar-refractivity contribution in [2.75, 3.05) is 24.3 Å². The molecule has 0 unspecified atom stereocenters. The quantitative estimate of drug-likeness (QED) is 0.855. The summed E-state index contributed by atoms with van der Waals surface area (Å²) in [6.45, 7) is 4.72. The summed E-state index contributed by atoms with van der Waals surface area (Å²) in [6.07, 6.45) is 0. The van der Waals surface area contributed by atoms with Crippen molar-refractivity contribution in [1.82, 2.24) is 9.97 Å². The zero-order chi connectivity index (χ0) is 15.2. The van der Waals surface area contributed by atoms with Crippen LogP contribution < -0.4 is 10.6 Å². The van der Waals surface area contributed by atoms with Gasteiger partial charge < -0.3 is 15.4 Å². The van der Waals surface area contributed by atoms with Crippen LogP contribution in [0.15, 0.2) is 24.3 Å². The van der Waals surface area contributed by atoms with Crippen LogP contribution in [0.2, 0.25) is 0 Å². The van der Waals surface area contributed by atoms with Crippen molar-refractivity contribution >= 4 is 17.3 Å². The first kappa shape index (κ1) is 15.2. The fourth-order valence-corrected chi connectivity index (χ4v) is 1.82. The molecule has 0 spiro atoms. The smallest absolute Gasteiger partial charge is 0.158 e. The summed E-state index contributed by atoms with van der Waals surface area (Å²) in [5, 5.41) is 5.94. The number of rotatable bonds is 6. The first-order chi connectivity index (χ1) is 10.1. The van der Waals surface area contributed by atoms with Crippen molar-refractivity contribution in [1.29, 1.82) is 0 Å². The van der Waals surface area contributed by atoms with Crippen molar-refractivity contribution < 1.29 is 9.13 Å². The van der Waals surface area contributed by atoms with Gasteiger partial charge in [0.15, 0.2) is 5.82 Å². The molecule has 1 aromatic heterocycles. The number of anilines is 3. The Morgan fingerprint density at radius 1 is 1.19 bits per heavy atom. The lowest BCUT2D eigenvalue weighted by molar-refractivity contribution is 0.128. The van der Waals surface area contributed by atoms with E-state index in [0.29, 0.717) is 36.4 Å². The highest BCUT2D eigenvalue weighted by molar-refractivity contribution is 5.60. The van der Waals surface area contributed by atoms with E-state index in [1.165, 1.54) is 6.07 Å². The van der Waals surface area contributed by atoms with Gasteiger partial charge in [-0.15, -0.1) is 0 Å². The lowest BCUT2D eigenvalue weighted by Crippen LogP contribution is -2.06. The lowest BCUT2D eigenvalue weighted by atomic mass is 10.2. The van der Waals surface area contributed by atoms with Gasteiger partial charge in [0, 0.05) is 19.7 Å². The van der Waals surface area contributed by atoms with Gasteiger partial charge in [-0.3, -0.25) is 0 Å². The molecular weight excluding hydrogens is 271 g/mol. The van der Waals surface area contributed by atoms with Crippen LogP contribution in [0.3, 0.4) is 0 Å². The number of aryl methyl sites for hydroxylation is 1. The number of benzene rings is 1. The molecule has 6 heteroatoms. The predicted molar refractivity (Wildman–Crippen MR) is 81.3 cm³/mol. The third kappa shape index (κ3) is 4.13. The lowest BCUT2D eigenvalue weighted by Gasteiger charge is -2.11. The number of nitrogens with zero attached hydrogens (tertiary/aromatic N) is 2. The molecule has 2 N–H and O–H groups in total. The second-order valence-electron chi connectivity index (χ2n) is 4.55. The van der Waals surface area contributed by atoms with Crippen molar-refractivity contribution in [3.05, 3.63) is 41.5 Å². The highest BCUT2D eigenvalue weighted by atomic mass is 19.1. The second kappa shape index (κ2) is 6.99. The summed E-state index contributed by atoms with van der Waals surface area (Å²) in [5.41, 5.74) is 1.36. The maximum atomic E-state index is 13.8. The van der Waals surface area contributed by atoms with E-state index in [1.807, 2.05) is 13.8 Å². The van der Waals surface area contributed by atoms with Crippen LogP contribution in [0.4, 0.5) is 21.7 Å². The second-order valence-corrected chi connectivity index (χ2v) is 4.55. The molecule has 0 aliphatic carbocycles. The molecule has 0 bridgehead atoms. The Kier molecular flexibility index (Phi) is 5.05. The monoisotopic (exact) mass is 290 g/mol. The van der Waals surface area contributed by atoms with E-state index >= 15 is 0 Å². The molecule has 0 radical (unpaired) electrons. The molecule has 1 aromatic carbocycles. The van der Waals surface area contributed by atoms with Gasteiger partial charge in [-0.05, 0) is 31.5 Å². The number of aromatic nitrogens is 2. The average molecular weight is 290 g/mol. The molecule has 0 atom stereocenters. The molecular formula is C15H19FN4O. The Labute approximate surface area is 123 Å². The minimum absolute atomic E-state index is 0.316. The molecule has 112 valence electrons. The largest absolute Gasteiger partial charge is 0.374 e. The minimum atomic E-state index is -0.323. The molecule has 2 rings (SSSR count). The summed E-state index contributed by atoms with van der Waals surface area (Å²) in [4.78, 5) is 8.62. The maximum absolute atomic E-state index is 13.8. The molecule has 1 heterocycles. The van der Waals surface area contributed by atoms with Gasteiger partial charge in [-0.1, -0.05) is 6.07 Å². The van der Waals surface area contributed by atoms with E-state index in [0.717, 1.165) is 5.56 Å². The van der Waals surface area contributed by atoms with Gasteiger partial charge >= 0.3 is 0 Å². The first-order valence-electron chi connectivity index (χ1n) is 6.79. The Morgan fingerprint density at radius 3 is 2.67 bits per heavy atom. The van der Waals surface area contributed by atoms with Crippen LogP contribution in [-0.2, 0) is 11.3 Å². The summed E-state index contributed by atoms with van der Waals surface area (Å²) in [5.74, 6) is 1.39. The Balaban J connectivity index is 2.27. The normalized spacial score (nSPS) is 10.5. The first-order valence-corrected chi connectivity index (χ1v) is 6.79. The molecule has 0 amide bonds. The fraction of sp³-hybridized carbons (Fsp3) is 0.333. The van der Waals surface area contributed by atoms with Crippen LogP contribution in [0.5, 0.6) is 0 Å². The van der Waals surface area contributed by atoms with Gasteiger partial charge in [0.25, 0.3) is 0 Å². The number of halogens is 1. The number of hydrogen-bond donors (Lipinski definition) is 2. The number of ether oxygens (including phenoxy) is 1. The van der Waals surface area contributed by atoms with E-state index in [4.69, 9.17) is 4.74 Å². The van der Waals surface area contributed by atoms with Crippen LogP contribution in [-0.4, -0.2) is 23.6 Å². The topological polar surface area (TPSA) is 59.1 Å². The van der Waals surface area contributed by atoms with E-state index in [2.05, 4.69) is 20.6 Å². The van der Waals surface area contributed by atoms with Crippen LogP contribution in [0.25, 0.3) is 0 Å². The zero-order valence-electron chi connectivity index (χ0n) is 12.4. The third-order valence-electron chi connectivity index (χ3n) is 2.85. The van der Waals surface area contributed by atoms with E-state index in [9.17, 15) is 4.39 Å². The molecule has 0 saturated carbocycles. The van der Waals surface area contributed by atoms with Crippen LogP contribution in [0.1, 0.15) is 18.3 Å². The molecule has 0 fully saturated rings. The number of hydrogen-bond acceptors (Lipinski definition) is 5. The molecule has 2 aromatic rings. The molecule has 0 saturated heterocycles. The minimum Gasteiger partial charge on any atom is -0.374 e. The van der Waals surface area contributed by atoms with Gasteiger partial charge in [-0.25, -0.2) is 14.4 Å². The summed E-state index contributed by atoms with van der Waals surface area (Å²) in [7, 11) is 1.77. The van der Waals surface area contributed by atoms with Crippen molar-refractivity contribution in [2.24, 2.45) is 0 Å².